The van der Waals surface area contributed by atoms with E-state index in [1.165, 1.54) is 5.56 Å². The van der Waals surface area contributed by atoms with Crippen LogP contribution >= 0.6 is 0 Å². The third kappa shape index (κ3) is 8.60. The topological polar surface area (TPSA) is 49.3 Å². The number of carbonyl (C=O) groups is 1. The summed E-state index contributed by atoms with van der Waals surface area (Å²) in [5.74, 6) is 0.430. The normalized spacial score (nSPS) is 11.6. The highest BCUT2D eigenvalue weighted by Crippen LogP contribution is 2.01. The third-order valence-corrected chi connectivity index (χ3v) is 2.31. The Kier molecular flexibility index (Phi) is 9.30. The molecule has 2 N–H and O–H groups in total. The zero-order chi connectivity index (χ0) is 13.1. The van der Waals surface area contributed by atoms with Crippen LogP contribution in [-0.4, -0.2) is 17.5 Å². The Hall–Kier alpha value is -1.19. The van der Waals surface area contributed by atoms with Gasteiger partial charge < -0.3 is 10.0 Å². The second-order valence-corrected chi connectivity index (χ2v) is 4.34. The Morgan fingerprint density at radius 2 is 1.94 bits per heavy atom. The van der Waals surface area contributed by atoms with Crippen molar-refractivity contribution in [1.29, 1.82) is 0 Å². The van der Waals surface area contributed by atoms with Crippen molar-refractivity contribution >= 4 is 6.29 Å². The average molecular weight is 239 g/mol. The van der Waals surface area contributed by atoms with Gasteiger partial charge >= 0.3 is 0 Å². The maximum absolute atomic E-state index is 10.0. The van der Waals surface area contributed by atoms with Gasteiger partial charge in [0.05, 0.1) is 6.04 Å². The lowest BCUT2D eigenvalue weighted by Crippen LogP contribution is -2.28. The highest BCUT2D eigenvalue weighted by molar-refractivity contribution is 5.56. The van der Waals surface area contributed by atoms with E-state index in [4.69, 9.17) is 5.21 Å². The van der Waals surface area contributed by atoms with Crippen LogP contribution in [0.3, 0.4) is 0 Å². The van der Waals surface area contributed by atoms with E-state index < -0.39 is 6.04 Å². The lowest BCUT2D eigenvalue weighted by molar-refractivity contribution is -0.112. The monoisotopic (exact) mass is 239 g/mol. The highest BCUT2D eigenvalue weighted by atomic mass is 16.5. The fraction of sp³-hybridized carbons (Fsp3) is 0.500. The second-order valence-electron chi connectivity index (χ2n) is 4.34. The molecule has 17 heavy (non-hydrogen) atoms. The minimum absolute atomic E-state index is 0. The van der Waals surface area contributed by atoms with Gasteiger partial charge in [-0.1, -0.05) is 51.1 Å². The molecule has 0 fully saturated rings. The van der Waals surface area contributed by atoms with Gasteiger partial charge in [0.25, 0.3) is 0 Å². The number of carbonyl (C=O) groups excluding carboxylic acids is 1. The molecule has 0 aliphatic rings. The quantitative estimate of drug-likeness (QED) is 0.613. The van der Waals surface area contributed by atoms with Gasteiger partial charge in [-0.25, -0.2) is 0 Å². The molecule has 1 aromatic carbocycles. The largest absolute Gasteiger partial charge is 0.316 e. The molecule has 0 heterocycles. The van der Waals surface area contributed by atoms with Crippen LogP contribution in [0.4, 0.5) is 0 Å². The molecule has 0 aliphatic carbocycles. The van der Waals surface area contributed by atoms with Gasteiger partial charge in [-0.3, -0.25) is 0 Å². The minimum Gasteiger partial charge on any atom is -0.316 e. The van der Waals surface area contributed by atoms with Gasteiger partial charge in [0.15, 0.2) is 0 Å². The molecular weight excluding hydrogens is 214 g/mol. The zero-order valence-electron chi connectivity index (χ0n) is 10.9. The first-order valence-electron chi connectivity index (χ1n) is 6.02. The van der Waals surface area contributed by atoms with Crippen LogP contribution in [0.25, 0.3) is 0 Å². The Bertz CT molecular complexity index is 291. The van der Waals surface area contributed by atoms with E-state index in [0.717, 1.165) is 6.42 Å². The van der Waals surface area contributed by atoms with Gasteiger partial charge in [-0.05, 0) is 24.3 Å². The van der Waals surface area contributed by atoms with Crippen molar-refractivity contribution in [3.8, 4) is 0 Å². The first-order chi connectivity index (χ1) is 8.13. The summed E-state index contributed by atoms with van der Waals surface area (Å²) < 4.78 is 0. The summed E-state index contributed by atoms with van der Waals surface area (Å²) in [4.78, 5) is 10.0. The summed E-state index contributed by atoms with van der Waals surface area (Å²) >= 11 is 0. The van der Waals surface area contributed by atoms with Crippen LogP contribution in [0.1, 0.15) is 34.2 Å². The van der Waals surface area contributed by atoms with Crippen molar-refractivity contribution < 1.29 is 11.4 Å². The van der Waals surface area contributed by atoms with Gasteiger partial charge in [-0.2, -0.15) is 5.48 Å². The Morgan fingerprint density at radius 3 is 2.18 bits per heavy atom. The SMILES string of the molecule is CC(C)C[C@@H](C=O)NO.CCc1ccccc1.[HH]. The number of nitrogens with one attached hydrogen (secondary N) is 1. The van der Waals surface area contributed by atoms with Gasteiger partial charge in [-0.15, -0.1) is 0 Å². The molecule has 0 saturated heterocycles. The molecule has 1 aromatic rings. The van der Waals surface area contributed by atoms with E-state index in [-0.39, 0.29) is 1.43 Å². The fourth-order valence-electron chi connectivity index (χ4n) is 1.36. The van der Waals surface area contributed by atoms with Gasteiger partial charge in [0.1, 0.15) is 6.29 Å². The number of rotatable bonds is 5. The summed E-state index contributed by atoms with van der Waals surface area (Å²) in [7, 11) is 0. The molecule has 98 valence electrons. The lowest BCUT2D eigenvalue weighted by atomic mass is 10.1. The molecular formula is C14H25NO2. The molecule has 0 aliphatic heterocycles. The van der Waals surface area contributed by atoms with Crippen molar-refractivity contribution in [2.45, 2.75) is 39.7 Å². The third-order valence-electron chi connectivity index (χ3n) is 2.31. The number of hydrogen-bond acceptors (Lipinski definition) is 3. The average Bonchev–Trinajstić information content (AvgIpc) is 2.37. The lowest BCUT2D eigenvalue weighted by Gasteiger charge is -2.08. The summed E-state index contributed by atoms with van der Waals surface area (Å²) in [5, 5.41) is 8.29. The maximum Gasteiger partial charge on any atom is 0.139 e. The standard InChI is InChI=1S/C8H10.C6H13NO2.H2/c1-2-8-6-4-3-5-7-8;1-5(2)3-6(4-8)7-9;/h3-7H,2H2,1H3;4-7,9H,3H2,1-2H3;1H/t;6-;/m.0./s1. The van der Waals surface area contributed by atoms with E-state index in [2.05, 4.69) is 31.2 Å². The van der Waals surface area contributed by atoms with E-state index in [0.29, 0.717) is 18.6 Å². The number of aryl methyl sites for hydroxylation is 1. The van der Waals surface area contributed by atoms with Crippen molar-refractivity contribution in [1.82, 2.24) is 5.48 Å². The maximum atomic E-state index is 10.0. The summed E-state index contributed by atoms with van der Waals surface area (Å²) in [6, 6.07) is 10.1. The number of aldehydes is 1. The molecule has 0 saturated carbocycles. The zero-order valence-corrected chi connectivity index (χ0v) is 10.9. The van der Waals surface area contributed by atoms with E-state index in [1.807, 2.05) is 25.4 Å². The van der Waals surface area contributed by atoms with E-state index >= 15 is 0 Å². The van der Waals surface area contributed by atoms with Crippen LogP contribution in [0.2, 0.25) is 0 Å². The van der Waals surface area contributed by atoms with Gasteiger partial charge in [0, 0.05) is 1.43 Å². The first kappa shape index (κ1) is 15.8. The number of benzene rings is 1. The van der Waals surface area contributed by atoms with E-state index in [1.54, 1.807) is 0 Å². The van der Waals surface area contributed by atoms with E-state index in [9.17, 15) is 4.79 Å². The second kappa shape index (κ2) is 10.00. The summed E-state index contributed by atoms with van der Waals surface area (Å²) in [6.45, 7) is 6.15. The Morgan fingerprint density at radius 1 is 1.35 bits per heavy atom. The fourth-order valence-corrected chi connectivity index (χ4v) is 1.36. The van der Waals surface area contributed by atoms with Crippen LogP contribution in [-0.2, 0) is 11.2 Å². The van der Waals surface area contributed by atoms with Crippen molar-refractivity contribution in [3.05, 3.63) is 35.9 Å². The Labute approximate surface area is 105 Å². The summed E-state index contributed by atoms with van der Waals surface area (Å²) in [5.41, 5.74) is 3.32. The molecule has 3 nitrogen and oxygen atoms in total. The molecule has 1 rings (SSSR count). The number of hydrogen-bond donors (Lipinski definition) is 2. The molecule has 0 spiro atoms. The summed E-state index contributed by atoms with van der Waals surface area (Å²) in [6.07, 6.45) is 2.53. The predicted molar refractivity (Wildman–Crippen MR) is 72.2 cm³/mol. The van der Waals surface area contributed by atoms with Crippen LogP contribution in [0.5, 0.6) is 0 Å². The highest BCUT2D eigenvalue weighted by Gasteiger charge is 2.06. The van der Waals surface area contributed by atoms with Crippen LogP contribution in [0, 0.1) is 5.92 Å². The smallest absolute Gasteiger partial charge is 0.139 e. The number of hydroxylamine groups is 1. The molecule has 1 atom stereocenters. The first-order valence-corrected chi connectivity index (χ1v) is 6.02. The van der Waals surface area contributed by atoms with Crippen molar-refractivity contribution in [2.75, 3.05) is 0 Å². The predicted octanol–water partition coefficient (Wildman–Crippen LogP) is 3.07. The Balaban J connectivity index is 0. The molecule has 0 unspecified atom stereocenters. The molecule has 0 aromatic heterocycles. The molecule has 0 bridgehead atoms. The van der Waals surface area contributed by atoms with Crippen LogP contribution in [0.15, 0.2) is 30.3 Å². The molecule has 0 radical (unpaired) electrons. The van der Waals surface area contributed by atoms with Crippen molar-refractivity contribution in [3.63, 3.8) is 0 Å². The van der Waals surface area contributed by atoms with Crippen LogP contribution < -0.4 is 5.48 Å². The minimum atomic E-state index is -0.398. The molecule has 0 amide bonds. The van der Waals surface area contributed by atoms with Crippen molar-refractivity contribution in [2.24, 2.45) is 5.92 Å². The molecule has 3 heteroatoms. The van der Waals surface area contributed by atoms with Gasteiger partial charge in [0.2, 0.25) is 0 Å².